The predicted molar refractivity (Wildman–Crippen MR) is 119 cm³/mol. The van der Waals surface area contributed by atoms with Crippen LogP contribution in [0.15, 0.2) is 81.8 Å². The summed E-state index contributed by atoms with van der Waals surface area (Å²) in [6.07, 6.45) is 0. The molecule has 0 bridgehead atoms. The molecule has 0 saturated carbocycles. The first-order valence-electron chi connectivity index (χ1n) is 9.69. The Kier molecular flexibility index (Phi) is 5.07. The fourth-order valence-electron chi connectivity index (χ4n) is 3.92. The normalized spacial score (nSPS) is 16.4. The lowest BCUT2D eigenvalue weighted by Gasteiger charge is -2.27. The van der Waals surface area contributed by atoms with Crippen LogP contribution in [0.3, 0.4) is 0 Å². The molecule has 32 heavy (non-hydrogen) atoms. The first kappa shape index (κ1) is 20.5. The Bertz CT molecular complexity index is 1340. The molecule has 0 aliphatic carbocycles. The van der Waals surface area contributed by atoms with Crippen LogP contribution in [0.4, 0.5) is 4.39 Å². The fraction of sp³-hybridized carbons (Fsp3) is 0.0833. The van der Waals surface area contributed by atoms with Crippen LogP contribution in [0.2, 0.25) is 5.02 Å². The number of nitrogens with zero attached hydrogens (tertiary/aromatic N) is 1. The van der Waals surface area contributed by atoms with Gasteiger partial charge < -0.3 is 14.4 Å². The molecule has 160 valence electrons. The lowest BCUT2D eigenvalue weighted by Crippen LogP contribution is -2.31. The van der Waals surface area contributed by atoms with Gasteiger partial charge in [0, 0.05) is 20.8 Å². The zero-order valence-electron chi connectivity index (χ0n) is 16.4. The molecule has 0 fully saturated rings. The van der Waals surface area contributed by atoms with Gasteiger partial charge in [0.15, 0.2) is 11.5 Å². The molecule has 0 spiro atoms. The van der Waals surface area contributed by atoms with E-state index in [1.54, 1.807) is 24.3 Å². The molecule has 1 amide bonds. The first-order chi connectivity index (χ1) is 15.5. The SMILES string of the molecule is O=C(C1=C(O)C(=O)N(Cc2cccs2)C1c1c(F)cccc1Cl)c1cc2ccccc2o1. The average molecular weight is 468 g/mol. The van der Waals surface area contributed by atoms with Crippen molar-refractivity contribution in [3.05, 3.63) is 104 Å². The number of amides is 1. The second-order valence-electron chi connectivity index (χ2n) is 7.29. The minimum absolute atomic E-state index is 0.0450. The van der Waals surface area contributed by atoms with E-state index in [1.807, 2.05) is 17.5 Å². The minimum Gasteiger partial charge on any atom is -0.503 e. The number of Topliss-reactive ketones (excluding diaryl/α,β-unsaturated/α-hetero) is 1. The summed E-state index contributed by atoms with van der Waals surface area (Å²) in [5.41, 5.74) is 0.163. The van der Waals surface area contributed by atoms with Crippen LogP contribution in [0.5, 0.6) is 0 Å². The molecule has 5 nitrogen and oxygen atoms in total. The Balaban J connectivity index is 1.66. The Hall–Kier alpha value is -3.42. The van der Waals surface area contributed by atoms with Crippen molar-refractivity contribution in [1.82, 2.24) is 4.90 Å². The number of halogens is 2. The van der Waals surface area contributed by atoms with Gasteiger partial charge in [-0.1, -0.05) is 41.9 Å². The number of benzene rings is 2. The van der Waals surface area contributed by atoms with Gasteiger partial charge in [-0.05, 0) is 35.7 Å². The Morgan fingerprint density at radius 2 is 1.97 bits per heavy atom. The number of aliphatic hydroxyl groups excluding tert-OH is 1. The van der Waals surface area contributed by atoms with Gasteiger partial charge in [-0.2, -0.15) is 0 Å². The summed E-state index contributed by atoms with van der Waals surface area (Å²) in [6, 6.07) is 15.1. The minimum atomic E-state index is -1.21. The molecule has 1 aliphatic heterocycles. The fourth-order valence-corrected chi connectivity index (χ4v) is 4.89. The number of carbonyl (C=O) groups excluding carboxylic acids is 2. The van der Waals surface area contributed by atoms with Gasteiger partial charge in [-0.25, -0.2) is 4.39 Å². The van der Waals surface area contributed by atoms with E-state index in [9.17, 15) is 19.1 Å². The Morgan fingerprint density at radius 3 is 2.69 bits per heavy atom. The van der Waals surface area contributed by atoms with E-state index in [2.05, 4.69) is 0 Å². The number of carbonyl (C=O) groups is 2. The van der Waals surface area contributed by atoms with Gasteiger partial charge in [0.1, 0.15) is 11.4 Å². The smallest absolute Gasteiger partial charge is 0.290 e. The van der Waals surface area contributed by atoms with Gasteiger partial charge in [0.05, 0.1) is 18.2 Å². The van der Waals surface area contributed by atoms with E-state index >= 15 is 0 Å². The number of rotatable bonds is 5. The predicted octanol–water partition coefficient (Wildman–Crippen LogP) is 6.07. The number of aliphatic hydroxyl groups is 1. The van der Waals surface area contributed by atoms with Gasteiger partial charge in [0.2, 0.25) is 5.78 Å². The van der Waals surface area contributed by atoms with Gasteiger partial charge in [-0.3, -0.25) is 9.59 Å². The summed E-state index contributed by atoms with van der Waals surface area (Å²) < 4.78 is 20.6. The molecule has 0 radical (unpaired) electrons. The Morgan fingerprint density at radius 1 is 1.16 bits per heavy atom. The van der Waals surface area contributed by atoms with E-state index in [0.717, 1.165) is 4.88 Å². The molecule has 0 saturated heterocycles. The third kappa shape index (κ3) is 3.30. The molecule has 3 heterocycles. The van der Waals surface area contributed by atoms with Crippen molar-refractivity contribution in [2.75, 3.05) is 0 Å². The summed E-state index contributed by atoms with van der Waals surface area (Å²) in [6.45, 7) is 0.0762. The molecule has 1 aliphatic rings. The number of para-hydroxylation sites is 1. The summed E-state index contributed by atoms with van der Waals surface area (Å²) in [7, 11) is 0. The quantitative estimate of drug-likeness (QED) is 0.362. The van der Waals surface area contributed by atoms with Crippen LogP contribution >= 0.6 is 22.9 Å². The van der Waals surface area contributed by atoms with Crippen LogP contribution in [0, 0.1) is 5.82 Å². The standard InChI is InChI=1S/C24H15ClFNO4S/c25-15-7-3-8-16(26)19(15)21-20(22(28)18-11-13-5-1-2-9-17(13)31-18)23(29)24(30)27(21)12-14-6-4-10-32-14/h1-11,21,29H,12H2. The van der Waals surface area contributed by atoms with Crippen molar-refractivity contribution in [3.8, 4) is 0 Å². The summed E-state index contributed by atoms with van der Waals surface area (Å²) in [5.74, 6) is -2.96. The molecule has 2 aromatic carbocycles. The third-order valence-electron chi connectivity index (χ3n) is 5.38. The number of thiophene rings is 1. The van der Waals surface area contributed by atoms with E-state index in [0.29, 0.717) is 11.0 Å². The van der Waals surface area contributed by atoms with Crippen molar-refractivity contribution >= 4 is 45.6 Å². The van der Waals surface area contributed by atoms with Crippen LogP contribution in [-0.2, 0) is 11.3 Å². The maximum absolute atomic E-state index is 15.0. The zero-order valence-corrected chi connectivity index (χ0v) is 18.0. The molecule has 1 N–H and O–H groups in total. The van der Waals surface area contributed by atoms with E-state index in [1.165, 1.54) is 40.5 Å². The second kappa shape index (κ2) is 7.93. The van der Waals surface area contributed by atoms with E-state index < -0.39 is 29.3 Å². The first-order valence-corrected chi connectivity index (χ1v) is 10.9. The van der Waals surface area contributed by atoms with Crippen molar-refractivity contribution in [3.63, 3.8) is 0 Å². The van der Waals surface area contributed by atoms with Gasteiger partial charge >= 0.3 is 0 Å². The zero-order chi connectivity index (χ0) is 22.4. The Labute approximate surface area is 191 Å². The monoisotopic (exact) mass is 467 g/mol. The molecule has 8 heteroatoms. The summed E-state index contributed by atoms with van der Waals surface area (Å²) >= 11 is 7.72. The number of hydrogen-bond acceptors (Lipinski definition) is 5. The van der Waals surface area contributed by atoms with E-state index in [-0.39, 0.29) is 28.5 Å². The molecule has 1 unspecified atom stereocenters. The third-order valence-corrected chi connectivity index (χ3v) is 6.57. The molecule has 2 aromatic heterocycles. The molecule has 4 aromatic rings. The number of fused-ring (bicyclic) bond motifs is 1. The number of ketones is 1. The highest BCUT2D eigenvalue weighted by Gasteiger charge is 2.46. The second-order valence-corrected chi connectivity index (χ2v) is 8.73. The van der Waals surface area contributed by atoms with Gasteiger partial charge in [-0.15, -0.1) is 11.3 Å². The van der Waals surface area contributed by atoms with Crippen LogP contribution in [0.25, 0.3) is 11.0 Å². The van der Waals surface area contributed by atoms with Crippen LogP contribution in [-0.4, -0.2) is 21.7 Å². The molecule has 5 rings (SSSR count). The van der Waals surface area contributed by atoms with Crippen molar-refractivity contribution in [2.45, 2.75) is 12.6 Å². The number of furan rings is 1. The lowest BCUT2D eigenvalue weighted by molar-refractivity contribution is -0.130. The molecular weight excluding hydrogens is 453 g/mol. The molecule has 1 atom stereocenters. The van der Waals surface area contributed by atoms with Crippen molar-refractivity contribution in [2.24, 2.45) is 0 Å². The highest BCUT2D eigenvalue weighted by molar-refractivity contribution is 7.09. The van der Waals surface area contributed by atoms with Crippen molar-refractivity contribution in [1.29, 1.82) is 0 Å². The van der Waals surface area contributed by atoms with Crippen LogP contribution in [0.1, 0.15) is 27.0 Å². The lowest BCUT2D eigenvalue weighted by atomic mass is 9.94. The maximum atomic E-state index is 15.0. The van der Waals surface area contributed by atoms with Crippen LogP contribution < -0.4 is 0 Å². The van der Waals surface area contributed by atoms with Crippen molar-refractivity contribution < 1.29 is 23.5 Å². The topological polar surface area (TPSA) is 70.8 Å². The van der Waals surface area contributed by atoms with E-state index in [4.69, 9.17) is 16.0 Å². The summed E-state index contributed by atoms with van der Waals surface area (Å²) in [4.78, 5) is 28.6. The average Bonchev–Trinajstić information content (AvgIpc) is 3.49. The summed E-state index contributed by atoms with van der Waals surface area (Å²) in [5, 5.41) is 13.3. The number of hydrogen-bond donors (Lipinski definition) is 1. The maximum Gasteiger partial charge on any atom is 0.290 e. The largest absolute Gasteiger partial charge is 0.503 e. The highest BCUT2D eigenvalue weighted by Crippen LogP contribution is 2.44. The van der Waals surface area contributed by atoms with Gasteiger partial charge in [0.25, 0.3) is 5.91 Å². The highest BCUT2D eigenvalue weighted by atomic mass is 35.5. The molecular formula is C24H15ClFNO4S.